The van der Waals surface area contributed by atoms with Crippen molar-refractivity contribution in [3.05, 3.63) is 0 Å². The Hall–Kier alpha value is -0.0800. The molecule has 0 bridgehead atoms. The molecule has 90 valence electrons. The lowest BCUT2D eigenvalue weighted by atomic mass is 9.86. The Kier molecular flexibility index (Phi) is 4.19. The zero-order valence-corrected chi connectivity index (χ0v) is 11.0. The van der Waals surface area contributed by atoms with Gasteiger partial charge in [0.05, 0.1) is 6.10 Å². The Morgan fingerprint density at radius 1 is 1.27 bits per heavy atom. The zero-order chi connectivity index (χ0) is 11.6. The standard InChI is InChI=1S/C13H27NO/c1-10-6-7-14(8-11(10)2)9-12(15)13(3,4)5/h10-12,15H,6-9H2,1-5H3. The van der Waals surface area contributed by atoms with Crippen LogP contribution < -0.4 is 0 Å². The molecule has 0 saturated carbocycles. The minimum absolute atomic E-state index is 0.00625. The lowest BCUT2D eigenvalue weighted by molar-refractivity contribution is 0.0110. The summed E-state index contributed by atoms with van der Waals surface area (Å²) < 4.78 is 0. The van der Waals surface area contributed by atoms with E-state index in [9.17, 15) is 5.11 Å². The van der Waals surface area contributed by atoms with Gasteiger partial charge in [-0.2, -0.15) is 0 Å². The highest BCUT2D eigenvalue weighted by Gasteiger charge is 2.28. The first-order valence-corrected chi connectivity index (χ1v) is 6.21. The average Bonchev–Trinajstić information content (AvgIpc) is 2.10. The van der Waals surface area contributed by atoms with E-state index in [4.69, 9.17) is 0 Å². The molecular weight excluding hydrogens is 186 g/mol. The molecule has 1 saturated heterocycles. The van der Waals surface area contributed by atoms with Gasteiger partial charge in [0.2, 0.25) is 0 Å². The van der Waals surface area contributed by atoms with Crippen molar-refractivity contribution in [2.45, 2.75) is 47.1 Å². The van der Waals surface area contributed by atoms with E-state index < -0.39 is 0 Å². The minimum atomic E-state index is -0.210. The molecule has 3 atom stereocenters. The summed E-state index contributed by atoms with van der Waals surface area (Å²) in [6, 6.07) is 0. The molecule has 0 aromatic carbocycles. The first-order chi connectivity index (χ1) is 6.80. The smallest absolute Gasteiger partial charge is 0.0715 e. The van der Waals surface area contributed by atoms with Gasteiger partial charge in [0.15, 0.2) is 0 Å². The molecule has 0 spiro atoms. The molecule has 1 fully saturated rings. The van der Waals surface area contributed by atoms with Crippen LogP contribution in [-0.2, 0) is 0 Å². The van der Waals surface area contributed by atoms with Crippen LogP contribution in [0.3, 0.4) is 0 Å². The van der Waals surface area contributed by atoms with Crippen LogP contribution in [0.2, 0.25) is 0 Å². The van der Waals surface area contributed by atoms with Gasteiger partial charge in [0.1, 0.15) is 0 Å². The third-order valence-electron chi connectivity index (χ3n) is 3.85. The van der Waals surface area contributed by atoms with Gasteiger partial charge in [-0.05, 0) is 30.2 Å². The fraction of sp³-hybridized carbons (Fsp3) is 1.00. The van der Waals surface area contributed by atoms with Crippen molar-refractivity contribution < 1.29 is 5.11 Å². The van der Waals surface area contributed by atoms with Crippen molar-refractivity contribution in [3.8, 4) is 0 Å². The van der Waals surface area contributed by atoms with Gasteiger partial charge < -0.3 is 10.0 Å². The minimum Gasteiger partial charge on any atom is -0.391 e. The Labute approximate surface area is 94.7 Å². The number of aliphatic hydroxyl groups is 1. The maximum absolute atomic E-state index is 10.0. The molecule has 0 amide bonds. The largest absolute Gasteiger partial charge is 0.391 e. The predicted octanol–water partition coefficient (Wildman–Crippen LogP) is 2.37. The van der Waals surface area contributed by atoms with E-state index in [0.29, 0.717) is 0 Å². The van der Waals surface area contributed by atoms with E-state index in [1.54, 1.807) is 0 Å². The molecule has 0 aromatic heterocycles. The lowest BCUT2D eigenvalue weighted by Crippen LogP contribution is -2.45. The summed E-state index contributed by atoms with van der Waals surface area (Å²) in [4.78, 5) is 2.42. The number of nitrogens with zero attached hydrogens (tertiary/aromatic N) is 1. The van der Waals surface area contributed by atoms with Crippen LogP contribution in [0.25, 0.3) is 0 Å². The van der Waals surface area contributed by atoms with Gasteiger partial charge in [-0.15, -0.1) is 0 Å². The van der Waals surface area contributed by atoms with Crippen LogP contribution in [-0.4, -0.2) is 35.7 Å². The van der Waals surface area contributed by atoms with Gasteiger partial charge in [0.25, 0.3) is 0 Å². The highest BCUT2D eigenvalue weighted by molar-refractivity contribution is 4.81. The SMILES string of the molecule is CC1CCN(CC(O)C(C)(C)C)CC1C. The van der Waals surface area contributed by atoms with Crippen LogP contribution in [0.1, 0.15) is 41.0 Å². The second-order valence-corrected chi connectivity index (χ2v) is 6.38. The quantitative estimate of drug-likeness (QED) is 0.761. The Morgan fingerprint density at radius 3 is 2.33 bits per heavy atom. The van der Waals surface area contributed by atoms with E-state index in [-0.39, 0.29) is 11.5 Å². The van der Waals surface area contributed by atoms with Crippen molar-refractivity contribution in [2.24, 2.45) is 17.3 Å². The van der Waals surface area contributed by atoms with Crippen LogP contribution in [0.5, 0.6) is 0 Å². The number of rotatable bonds is 2. The molecule has 1 aliphatic heterocycles. The van der Waals surface area contributed by atoms with Crippen molar-refractivity contribution in [1.29, 1.82) is 0 Å². The predicted molar refractivity (Wildman–Crippen MR) is 64.8 cm³/mol. The first-order valence-electron chi connectivity index (χ1n) is 6.21. The molecule has 1 rings (SSSR count). The van der Waals surface area contributed by atoms with Gasteiger partial charge in [-0.1, -0.05) is 34.6 Å². The molecule has 15 heavy (non-hydrogen) atoms. The summed E-state index contributed by atoms with van der Waals surface area (Å²) in [6.45, 7) is 14.1. The summed E-state index contributed by atoms with van der Waals surface area (Å²) >= 11 is 0. The highest BCUT2D eigenvalue weighted by atomic mass is 16.3. The Morgan fingerprint density at radius 2 is 1.87 bits per heavy atom. The topological polar surface area (TPSA) is 23.5 Å². The van der Waals surface area contributed by atoms with Crippen LogP contribution in [0, 0.1) is 17.3 Å². The maximum Gasteiger partial charge on any atom is 0.0715 e. The Bertz CT molecular complexity index is 197. The molecule has 1 N–H and O–H groups in total. The van der Waals surface area contributed by atoms with Gasteiger partial charge in [0, 0.05) is 13.1 Å². The van der Waals surface area contributed by atoms with Gasteiger partial charge >= 0.3 is 0 Å². The number of β-amino-alcohol motifs (C(OH)–C–C–N with tert-alkyl or cyclic N) is 1. The second-order valence-electron chi connectivity index (χ2n) is 6.38. The van der Waals surface area contributed by atoms with E-state index in [1.807, 2.05) is 0 Å². The van der Waals surface area contributed by atoms with Crippen molar-refractivity contribution in [2.75, 3.05) is 19.6 Å². The Balaban J connectivity index is 2.40. The van der Waals surface area contributed by atoms with Gasteiger partial charge in [-0.3, -0.25) is 0 Å². The molecular formula is C13H27NO. The van der Waals surface area contributed by atoms with E-state index >= 15 is 0 Å². The maximum atomic E-state index is 10.0. The highest BCUT2D eigenvalue weighted by Crippen LogP contribution is 2.25. The lowest BCUT2D eigenvalue weighted by Gasteiger charge is -2.38. The molecule has 2 heteroatoms. The summed E-state index contributed by atoms with van der Waals surface area (Å²) in [5.74, 6) is 1.61. The third kappa shape index (κ3) is 3.76. The number of piperidine rings is 1. The van der Waals surface area contributed by atoms with E-state index in [0.717, 1.165) is 31.5 Å². The number of likely N-dealkylation sites (tertiary alicyclic amines) is 1. The first kappa shape index (κ1) is 13.0. The summed E-state index contributed by atoms with van der Waals surface area (Å²) in [5.41, 5.74) is 0.00625. The molecule has 2 nitrogen and oxygen atoms in total. The molecule has 1 aliphatic rings. The number of hydrogen-bond acceptors (Lipinski definition) is 2. The number of aliphatic hydroxyl groups excluding tert-OH is 1. The van der Waals surface area contributed by atoms with Crippen LogP contribution in [0.15, 0.2) is 0 Å². The molecule has 0 radical (unpaired) electrons. The molecule has 0 aliphatic carbocycles. The summed E-state index contributed by atoms with van der Waals surface area (Å²) in [6.07, 6.45) is 1.07. The van der Waals surface area contributed by atoms with Crippen LogP contribution in [0.4, 0.5) is 0 Å². The van der Waals surface area contributed by atoms with Crippen molar-refractivity contribution in [1.82, 2.24) is 4.90 Å². The summed E-state index contributed by atoms with van der Waals surface area (Å²) in [5, 5.41) is 10.0. The monoisotopic (exact) mass is 213 g/mol. The van der Waals surface area contributed by atoms with Crippen molar-refractivity contribution >= 4 is 0 Å². The third-order valence-corrected chi connectivity index (χ3v) is 3.85. The van der Waals surface area contributed by atoms with Crippen LogP contribution >= 0.6 is 0 Å². The average molecular weight is 213 g/mol. The molecule has 0 aromatic rings. The normalized spacial score (nSPS) is 31.6. The number of hydrogen-bond donors (Lipinski definition) is 1. The molecule has 1 heterocycles. The van der Waals surface area contributed by atoms with Crippen molar-refractivity contribution in [3.63, 3.8) is 0 Å². The fourth-order valence-corrected chi connectivity index (χ4v) is 2.03. The van der Waals surface area contributed by atoms with Gasteiger partial charge in [-0.25, -0.2) is 0 Å². The zero-order valence-electron chi connectivity index (χ0n) is 11.0. The van der Waals surface area contributed by atoms with E-state index in [2.05, 4.69) is 39.5 Å². The summed E-state index contributed by atoms with van der Waals surface area (Å²) in [7, 11) is 0. The molecule has 3 unspecified atom stereocenters. The van der Waals surface area contributed by atoms with E-state index in [1.165, 1.54) is 6.42 Å². The fourth-order valence-electron chi connectivity index (χ4n) is 2.03. The second kappa shape index (κ2) is 4.84.